The highest BCUT2D eigenvalue weighted by molar-refractivity contribution is 7.89. The topological polar surface area (TPSA) is 96.4 Å². The molecule has 0 aliphatic carbocycles. The summed E-state index contributed by atoms with van der Waals surface area (Å²) in [5.74, 6) is 1.42. The third-order valence-electron chi connectivity index (χ3n) is 4.41. The molecule has 4 aromatic rings. The molecule has 7 nitrogen and oxygen atoms in total. The molecule has 8 heteroatoms. The number of imidazole rings is 1. The Morgan fingerprint density at radius 3 is 2.50 bits per heavy atom. The minimum atomic E-state index is -3.69. The Kier molecular flexibility index (Phi) is 5.49. The summed E-state index contributed by atoms with van der Waals surface area (Å²) in [7, 11) is -3.69. The van der Waals surface area contributed by atoms with Gasteiger partial charge in [0.05, 0.1) is 22.1 Å². The Balaban J connectivity index is 1.34. The fourth-order valence-corrected chi connectivity index (χ4v) is 3.61. The lowest BCUT2D eigenvalue weighted by atomic mass is 10.2. The van der Waals surface area contributed by atoms with Gasteiger partial charge >= 0.3 is 0 Å². The Morgan fingerprint density at radius 2 is 1.77 bits per heavy atom. The van der Waals surface area contributed by atoms with E-state index in [4.69, 9.17) is 4.74 Å². The van der Waals surface area contributed by atoms with Crippen molar-refractivity contribution in [2.24, 2.45) is 5.10 Å². The molecule has 30 heavy (non-hydrogen) atoms. The first-order chi connectivity index (χ1) is 14.5. The number of hydrazone groups is 1. The number of ether oxygens (including phenoxy) is 1. The van der Waals surface area contributed by atoms with Crippen molar-refractivity contribution in [1.29, 1.82) is 0 Å². The van der Waals surface area contributed by atoms with Crippen LogP contribution in [0.5, 0.6) is 5.75 Å². The Labute approximate surface area is 174 Å². The van der Waals surface area contributed by atoms with Crippen molar-refractivity contribution in [1.82, 2.24) is 14.8 Å². The van der Waals surface area contributed by atoms with Crippen LogP contribution in [0.1, 0.15) is 17.0 Å². The van der Waals surface area contributed by atoms with Crippen LogP contribution >= 0.6 is 0 Å². The molecule has 1 aromatic heterocycles. The number of fused-ring (bicyclic) bond motifs is 1. The number of aromatic amines is 1. The van der Waals surface area contributed by atoms with Crippen LogP contribution < -0.4 is 9.57 Å². The number of para-hydroxylation sites is 2. The van der Waals surface area contributed by atoms with E-state index in [9.17, 15) is 8.42 Å². The van der Waals surface area contributed by atoms with E-state index < -0.39 is 10.0 Å². The second-order valence-electron chi connectivity index (χ2n) is 6.72. The van der Waals surface area contributed by atoms with Gasteiger partial charge < -0.3 is 9.72 Å². The zero-order chi connectivity index (χ0) is 21.0. The third kappa shape index (κ3) is 4.66. The van der Waals surface area contributed by atoms with Crippen LogP contribution in [0.25, 0.3) is 11.0 Å². The lowest BCUT2D eigenvalue weighted by Crippen LogP contribution is -2.18. The first-order valence-corrected chi connectivity index (χ1v) is 10.8. The molecule has 0 unspecified atom stereocenters. The van der Waals surface area contributed by atoms with Crippen molar-refractivity contribution in [3.8, 4) is 5.75 Å². The van der Waals surface area contributed by atoms with Crippen LogP contribution in [-0.2, 0) is 16.6 Å². The molecular weight excluding hydrogens is 400 g/mol. The summed E-state index contributed by atoms with van der Waals surface area (Å²) >= 11 is 0. The zero-order valence-corrected chi connectivity index (χ0v) is 17.1. The largest absolute Gasteiger partial charge is 0.486 e. The molecular formula is C22H20N4O3S. The van der Waals surface area contributed by atoms with Crippen LogP contribution in [0.4, 0.5) is 0 Å². The van der Waals surface area contributed by atoms with Gasteiger partial charge in [0.2, 0.25) is 0 Å². The smallest absolute Gasteiger partial charge is 0.276 e. The molecule has 0 radical (unpaired) electrons. The summed E-state index contributed by atoms with van der Waals surface area (Å²) in [5, 5.41) is 3.84. The van der Waals surface area contributed by atoms with Crippen molar-refractivity contribution < 1.29 is 13.2 Å². The van der Waals surface area contributed by atoms with Crippen LogP contribution in [-0.4, -0.2) is 24.6 Å². The lowest BCUT2D eigenvalue weighted by Gasteiger charge is -2.05. The number of nitrogens with one attached hydrogen (secondary N) is 2. The number of aromatic nitrogens is 2. The summed E-state index contributed by atoms with van der Waals surface area (Å²) in [5.41, 5.74) is 3.59. The minimum Gasteiger partial charge on any atom is -0.486 e. The summed E-state index contributed by atoms with van der Waals surface area (Å²) in [6.45, 7) is 2.21. The molecule has 1 heterocycles. The average molecular weight is 420 g/mol. The molecule has 0 amide bonds. The van der Waals surface area contributed by atoms with Crippen LogP contribution in [0.15, 0.2) is 82.8 Å². The van der Waals surface area contributed by atoms with Gasteiger partial charge in [0, 0.05) is 0 Å². The predicted molar refractivity (Wildman–Crippen MR) is 116 cm³/mol. The van der Waals surface area contributed by atoms with Crippen LogP contribution in [0.3, 0.4) is 0 Å². The summed E-state index contributed by atoms with van der Waals surface area (Å²) in [6, 6.07) is 21.5. The predicted octanol–water partition coefficient (Wildman–Crippen LogP) is 3.76. The fourth-order valence-electron chi connectivity index (χ4n) is 2.82. The first kappa shape index (κ1) is 19.7. The number of aryl methyl sites for hydroxylation is 1. The van der Waals surface area contributed by atoms with E-state index in [0.717, 1.165) is 28.0 Å². The molecule has 0 bridgehead atoms. The molecule has 152 valence electrons. The molecule has 2 N–H and O–H groups in total. The summed E-state index contributed by atoms with van der Waals surface area (Å²) < 4.78 is 30.2. The monoisotopic (exact) mass is 420 g/mol. The molecule has 0 spiro atoms. The van der Waals surface area contributed by atoms with Crippen molar-refractivity contribution in [3.63, 3.8) is 0 Å². The number of rotatable bonds is 7. The van der Waals surface area contributed by atoms with E-state index in [1.807, 2.05) is 31.2 Å². The van der Waals surface area contributed by atoms with Crippen LogP contribution in [0, 0.1) is 6.92 Å². The van der Waals surface area contributed by atoms with Gasteiger partial charge in [0.15, 0.2) is 0 Å². The Hall–Kier alpha value is -3.65. The second-order valence-corrected chi connectivity index (χ2v) is 8.39. The molecule has 0 fully saturated rings. The molecule has 0 saturated heterocycles. The quantitative estimate of drug-likeness (QED) is 0.351. The molecule has 0 atom stereocenters. The van der Waals surface area contributed by atoms with E-state index in [0.29, 0.717) is 12.4 Å². The normalized spacial score (nSPS) is 11.8. The van der Waals surface area contributed by atoms with E-state index in [-0.39, 0.29) is 4.90 Å². The van der Waals surface area contributed by atoms with Crippen molar-refractivity contribution >= 4 is 27.3 Å². The number of nitrogens with zero attached hydrogens (tertiary/aromatic N) is 2. The summed E-state index contributed by atoms with van der Waals surface area (Å²) in [4.78, 5) is 10.1. The van der Waals surface area contributed by atoms with Crippen molar-refractivity contribution in [3.05, 3.63) is 89.7 Å². The van der Waals surface area contributed by atoms with Crippen molar-refractivity contribution in [2.45, 2.75) is 18.4 Å². The van der Waals surface area contributed by atoms with Crippen molar-refractivity contribution in [2.75, 3.05) is 0 Å². The van der Waals surface area contributed by atoms with Gasteiger partial charge in [-0.25, -0.2) is 9.82 Å². The van der Waals surface area contributed by atoms with E-state index in [1.165, 1.54) is 6.21 Å². The third-order valence-corrected chi connectivity index (χ3v) is 5.65. The van der Waals surface area contributed by atoms with E-state index in [1.54, 1.807) is 48.5 Å². The second kappa shape index (κ2) is 8.38. The summed E-state index contributed by atoms with van der Waals surface area (Å²) in [6.07, 6.45) is 1.44. The first-order valence-electron chi connectivity index (χ1n) is 9.28. The average Bonchev–Trinajstić information content (AvgIpc) is 3.16. The lowest BCUT2D eigenvalue weighted by molar-refractivity contribution is 0.297. The number of sulfonamides is 1. The van der Waals surface area contributed by atoms with Crippen LogP contribution in [0.2, 0.25) is 0 Å². The Morgan fingerprint density at radius 1 is 1.03 bits per heavy atom. The molecule has 0 aliphatic heterocycles. The molecule has 0 aliphatic rings. The maximum absolute atomic E-state index is 12.2. The molecule has 3 aromatic carbocycles. The highest BCUT2D eigenvalue weighted by Crippen LogP contribution is 2.15. The molecule has 0 saturated carbocycles. The van der Waals surface area contributed by atoms with E-state index >= 15 is 0 Å². The maximum atomic E-state index is 12.2. The van der Waals surface area contributed by atoms with Gasteiger partial charge in [-0.2, -0.15) is 13.5 Å². The Bertz CT molecular complexity index is 1250. The molecule has 4 rings (SSSR count). The number of benzene rings is 3. The number of hydrogen-bond donors (Lipinski definition) is 2. The zero-order valence-electron chi connectivity index (χ0n) is 16.2. The highest BCUT2D eigenvalue weighted by Gasteiger charge is 2.11. The SMILES string of the molecule is Cc1ccc(S(=O)(=O)N/N=C\c2ccc(OCc3nc4ccccc4[nH]3)cc2)cc1. The highest BCUT2D eigenvalue weighted by atomic mass is 32.2. The van der Waals surface area contributed by atoms with Gasteiger partial charge in [-0.3, -0.25) is 0 Å². The van der Waals surface area contributed by atoms with Gasteiger partial charge in [-0.1, -0.05) is 29.8 Å². The van der Waals surface area contributed by atoms with Gasteiger partial charge in [0.1, 0.15) is 18.2 Å². The van der Waals surface area contributed by atoms with Gasteiger partial charge in [-0.15, -0.1) is 0 Å². The minimum absolute atomic E-state index is 0.166. The van der Waals surface area contributed by atoms with E-state index in [2.05, 4.69) is 19.9 Å². The maximum Gasteiger partial charge on any atom is 0.276 e. The van der Waals surface area contributed by atoms with Gasteiger partial charge in [0.25, 0.3) is 10.0 Å². The number of hydrogen-bond acceptors (Lipinski definition) is 5. The number of H-pyrrole nitrogens is 1. The standard InChI is InChI=1S/C22H20N4O3S/c1-16-6-12-19(13-7-16)30(27,28)26-23-14-17-8-10-18(11-9-17)29-15-22-24-20-4-2-3-5-21(20)25-22/h2-14,26H,15H2,1H3,(H,24,25)/b23-14-. The fraction of sp³-hybridized carbons (Fsp3) is 0.0909. The van der Waals surface area contributed by atoms with Gasteiger partial charge in [-0.05, 0) is 61.0 Å².